The van der Waals surface area contributed by atoms with Crippen LogP contribution in [0.5, 0.6) is 0 Å². The molecule has 0 aromatic rings. The van der Waals surface area contributed by atoms with Crippen molar-refractivity contribution < 1.29 is 0 Å². The van der Waals surface area contributed by atoms with Gasteiger partial charge in [0.15, 0.2) is 0 Å². The van der Waals surface area contributed by atoms with Gasteiger partial charge in [0, 0.05) is 18.6 Å². The fourth-order valence-electron chi connectivity index (χ4n) is 2.51. The molecule has 2 fully saturated rings. The van der Waals surface area contributed by atoms with Crippen molar-refractivity contribution in [1.29, 1.82) is 0 Å². The number of likely N-dealkylation sites (N-methyl/N-ethyl adjacent to an activating group) is 1. The van der Waals surface area contributed by atoms with Crippen LogP contribution >= 0.6 is 0 Å². The van der Waals surface area contributed by atoms with Crippen molar-refractivity contribution >= 4 is 0 Å². The average Bonchev–Trinajstić information content (AvgIpc) is 2.21. The van der Waals surface area contributed by atoms with Gasteiger partial charge in [-0.3, -0.25) is 0 Å². The molecule has 0 amide bonds. The average molecular weight is 168 g/mol. The Morgan fingerprint density at radius 3 is 2.58 bits per heavy atom. The monoisotopic (exact) mass is 168 g/mol. The van der Waals surface area contributed by atoms with Gasteiger partial charge in [-0.05, 0) is 25.8 Å². The van der Waals surface area contributed by atoms with Crippen LogP contribution in [0.2, 0.25) is 0 Å². The van der Waals surface area contributed by atoms with Crippen molar-refractivity contribution in [3.63, 3.8) is 0 Å². The summed E-state index contributed by atoms with van der Waals surface area (Å²) in [6, 6.07) is 1.24. The van der Waals surface area contributed by atoms with Crippen molar-refractivity contribution in [2.45, 2.75) is 44.2 Å². The summed E-state index contributed by atoms with van der Waals surface area (Å²) in [6.45, 7) is 1.11. The lowest BCUT2D eigenvalue weighted by molar-refractivity contribution is 0.205. The lowest BCUT2D eigenvalue weighted by atomic mass is 9.80. The predicted molar refractivity (Wildman–Crippen MR) is 51.0 cm³/mol. The van der Waals surface area contributed by atoms with Gasteiger partial charge < -0.3 is 10.6 Å². The summed E-state index contributed by atoms with van der Waals surface area (Å²) in [5.41, 5.74) is 5.91. The number of nitrogens with two attached hydrogens (primary N) is 1. The Balaban J connectivity index is 1.79. The highest BCUT2D eigenvalue weighted by Crippen LogP contribution is 2.33. The topological polar surface area (TPSA) is 29.3 Å². The number of hydrogen-bond donors (Lipinski definition) is 1. The van der Waals surface area contributed by atoms with E-state index in [9.17, 15) is 0 Å². The molecule has 1 saturated heterocycles. The minimum atomic E-state index is 0.445. The summed E-state index contributed by atoms with van der Waals surface area (Å²) in [4.78, 5) is 2.45. The van der Waals surface area contributed by atoms with Crippen LogP contribution in [-0.4, -0.2) is 30.6 Å². The molecule has 0 aromatic heterocycles. The van der Waals surface area contributed by atoms with E-state index in [-0.39, 0.29) is 0 Å². The third-order valence-electron chi connectivity index (χ3n) is 3.55. The normalized spacial score (nSPS) is 38.5. The molecule has 0 spiro atoms. The Morgan fingerprint density at radius 2 is 2.17 bits per heavy atom. The van der Waals surface area contributed by atoms with Crippen molar-refractivity contribution in [2.75, 3.05) is 13.6 Å². The van der Waals surface area contributed by atoms with Gasteiger partial charge in [0.2, 0.25) is 0 Å². The number of nitrogens with zero attached hydrogens (tertiary/aromatic N) is 1. The summed E-state index contributed by atoms with van der Waals surface area (Å²) < 4.78 is 0. The van der Waals surface area contributed by atoms with Gasteiger partial charge in [-0.1, -0.05) is 19.3 Å². The summed E-state index contributed by atoms with van der Waals surface area (Å²) in [5.74, 6) is 1.03. The van der Waals surface area contributed by atoms with Gasteiger partial charge in [0.25, 0.3) is 0 Å². The Hall–Kier alpha value is -0.0800. The molecule has 2 heteroatoms. The molecule has 1 aliphatic carbocycles. The van der Waals surface area contributed by atoms with Gasteiger partial charge in [0.05, 0.1) is 0 Å². The smallest absolute Gasteiger partial charge is 0.0182 e. The third-order valence-corrected chi connectivity index (χ3v) is 3.55. The van der Waals surface area contributed by atoms with Crippen LogP contribution in [0.25, 0.3) is 0 Å². The van der Waals surface area contributed by atoms with E-state index in [0.717, 1.165) is 18.5 Å². The van der Waals surface area contributed by atoms with Crippen LogP contribution in [0.4, 0.5) is 0 Å². The first-order valence-electron chi connectivity index (χ1n) is 5.21. The molecule has 2 rings (SSSR count). The number of likely N-dealkylation sites (tertiary alicyclic amines) is 1. The summed E-state index contributed by atoms with van der Waals surface area (Å²) >= 11 is 0. The van der Waals surface area contributed by atoms with E-state index < -0.39 is 0 Å². The molecule has 1 heterocycles. The molecule has 0 radical (unpaired) electrons. The second-order valence-corrected chi connectivity index (χ2v) is 4.62. The lowest BCUT2D eigenvalue weighted by Gasteiger charge is -2.30. The second kappa shape index (κ2) is 3.35. The minimum absolute atomic E-state index is 0.445. The first kappa shape index (κ1) is 8.52. The predicted octanol–water partition coefficient (Wildman–Crippen LogP) is 1.21. The van der Waals surface area contributed by atoms with E-state index in [2.05, 4.69) is 11.9 Å². The molecule has 2 unspecified atom stereocenters. The van der Waals surface area contributed by atoms with Crippen LogP contribution in [0.3, 0.4) is 0 Å². The van der Waals surface area contributed by atoms with E-state index in [1.54, 1.807) is 0 Å². The number of hydrogen-bond acceptors (Lipinski definition) is 2. The van der Waals surface area contributed by atoms with Crippen LogP contribution in [-0.2, 0) is 0 Å². The molecule has 0 aromatic carbocycles. The fourth-order valence-corrected chi connectivity index (χ4v) is 2.51. The number of rotatable bonds is 2. The van der Waals surface area contributed by atoms with Crippen LogP contribution in [0.1, 0.15) is 32.1 Å². The van der Waals surface area contributed by atoms with Crippen molar-refractivity contribution in [1.82, 2.24) is 4.90 Å². The summed E-state index contributed by atoms with van der Waals surface area (Å²) in [7, 11) is 2.22. The van der Waals surface area contributed by atoms with Crippen molar-refractivity contribution in [2.24, 2.45) is 11.7 Å². The van der Waals surface area contributed by atoms with Gasteiger partial charge in [-0.25, -0.2) is 0 Å². The summed E-state index contributed by atoms with van der Waals surface area (Å²) in [5, 5.41) is 0. The highest BCUT2D eigenvalue weighted by atomic mass is 15.2. The molecule has 1 aliphatic heterocycles. The zero-order valence-corrected chi connectivity index (χ0v) is 8.00. The first-order valence-corrected chi connectivity index (χ1v) is 5.21. The minimum Gasteiger partial charge on any atom is -0.326 e. The Bertz CT molecular complexity index is 154. The molecule has 2 atom stereocenters. The Labute approximate surface area is 75.1 Å². The zero-order valence-electron chi connectivity index (χ0n) is 8.00. The van der Waals surface area contributed by atoms with Crippen molar-refractivity contribution in [3.05, 3.63) is 0 Å². The Morgan fingerprint density at radius 1 is 1.42 bits per heavy atom. The van der Waals surface area contributed by atoms with Crippen LogP contribution in [0, 0.1) is 5.92 Å². The van der Waals surface area contributed by atoms with E-state index in [1.807, 2.05) is 0 Å². The molecule has 70 valence electrons. The molecular weight excluding hydrogens is 148 g/mol. The molecule has 12 heavy (non-hydrogen) atoms. The lowest BCUT2D eigenvalue weighted by Crippen LogP contribution is -2.29. The standard InChI is InChI=1S/C10H20N2/c1-12-7-9(11)6-10(12)5-8-3-2-4-8/h8-10H,2-7,11H2,1H3. The third kappa shape index (κ3) is 1.64. The Kier molecular flexibility index (Phi) is 2.37. The maximum atomic E-state index is 5.91. The fraction of sp³-hybridized carbons (Fsp3) is 1.00. The maximum absolute atomic E-state index is 5.91. The first-order chi connectivity index (χ1) is 5.75. The van der Waals surface area contributed by atoms with Gasteiger partial charge >= 0.3 is 0 Å². The highest BCUT2D eigenvalue weighted by Gasteiger charge is 2.30. The quantitative estimate of drug-likeness (QED) is 0.671. The van der Waals surface area contributed by atoms with Crippen LogP contribution in [0.15, 0.2) is 0 Å². The van der Waals surface area contributed by atoms with Crippen molar-refractivity contribution in [3.8, 4) is 0 Å². The highest BCUT2D eigenvalue weighted by molar-refractivity contribution is 4.88. The molecule has 0 bridgehead atoms. The zero-order chi connectivity index (χ0) is 8.55. The molecule has 1 saturated carbocycles. The van der Waals surface area contributed by atoms with Gasteiger partial charge in [0.1, 0.15) is 0 Å². The summed E-state index contributed by atoms with van der Waals surface area (Å²) in [6.07, 6.45) is 7.05. The van der Waals surface area contributed by atoms with E-state index in [1.165, 1.54) is 32.1 Å². The van der Waals surface area contributed by atoms with E-state index in [4.69, 9.17) is 5.73 Å². The van der Waals surface area contributed by atoms with E-state index in [0.29, 0.717) is 6.04 Å². The molecule has 2 nitrogen and oxygen atoms in total. The van der Waals surface area contributed by atoms with Gasteiger partial charge in [-0.15, -0.1) is 0 Å². The largest absolute Gasteiger partial charge is 0.326 e. The van der Waals surface area contributed by atoms with Gasteiger partial charge in [-0.2, -0.15) is 0 Å². The molecular formula is C10H20N2. The van der Waals surface area contributed by atoms with E-state index >= 15 is 0 Å². The SMILES string of the molecule is CN1CC(N)CC1CC1CCC1. The second-order valence-electron chi connectivity index (χ2n) is 4.62. The molecule has 2 N–H and O–H groups in total. The van der Waals surface area contributed by atoms with Crippen LogP contribution < -0.4 is 5.73 Å². The molecule has 2 aliphatic rings. The maximum Gasteiger partial charge on any atom is 0.0182 e.